The second kappa shape index (κ2) is 10.2. The molecule has 0 N–H and O–H groups in total. The molecule has 0 radical (unpaired) electrons. The van der Waals surface area contributed by atoms with Gasteiger partial charge in [-0.2, -0.15) is 0 Å². The van der Waals surface area contributed by atoms with Crippen molar-refractivity contribution in [2.75, 3.05) is 0 Å². The number of carbonyl (C=O) groups is 2. The molecule has 22 heavy (non-hydrogen) atoms. The lowest BCUT2D eigenvalue weighted by Gasteiger charge is -2.01. The Balaban J connectivity index is 0.000000224. The van der Waals surface area contributed by atoms with Gasteiger partial charge < -0.3 is 19.8 Å². The van der Waals surface area contributed by atoms with Crippen molar-refractivity contribution < 1.29 is 19.8 Å². The fourth-order valence-corrected chi connectivity index (χ4v) is 1.84. The largest absolute Gasteiger partial charge is 0.550 e. The van der Waals surface area contributed by atoms with Crippen LogP contribution in [0.1, 0.15) is 24.0 Å². The van der Waals surface area contributed by atoms with E-state index in [2.05, 4.69) is 0 Å². The van der Waals surface area contributed by atoms with E-state index < -0.39 is 11.9 Å². The number of aliphatic carboxylic acids is 2. The van der Waals surface area contributed by atoms with Gasteiger partial charge in [0.1, 0.15) is 0 Å². The Morgan fingerprint density at radius 1 is 0.727 bits per heavy atom. The fourth-order valence-electron chi connectivity index (χ4n) is 1.84. The topological polar surface area (TPSA) is 80.3 Å². The van der Waals surface area contributed by atoms with E-state index in [4.69, 9.17) is 0 Å². The van der Waals surface area contributed by atoms with Crippen LogP contribution in [0.3, 0.4) is 0 Å². The summed E-state index contributed by atoms with van der Waals surface area (Å²) in [4.78, 5) is 20.1. The van der Waals surface area contributed by atoms with E-state index >= 15 is 0 Å². The first-order valence-electron chi connectivity index (χ1n) is 7.05. The molecule has 0 aliphatic heterocycles. The molecular weight excluding hydrogens is 280 g/mol. The van der Waals surface area contributed by atoms with Crippen LogP contribution < -0.4 is 10.2 Å². The number of hydrogen-bond donors (Lipinski definition) is 0. The third-order valence-corrected chi connectivity index (χ3v) is 2.88. The van der Waals surface area contributed by atoms with Gasteiger partial charge in [0.2, 0.25) is 0 Å². The molecule has 0 unspecified atom stereocenters. The Bertz CT molecular complexity index is 564. The summed E-state index contributed by atoms with van der Waals surface area (Å²) in [6.07, 6.45) is 1.62. The summed E-state index contributed by atoms with van der Waals surface area (Å²) >= 11 is 0. The monoisotopic (exact) mass is 298 g/mol. The fraction of sp³-hybridized carbons (Fsp3) is 0.222. The molecule has 0 aliphatic rings. The molecule has 0 saturated carbocycles. The molecule has 0 bridgehead atoms. The molecule has 0 spiro atoms. The van der Waals surface area contributed by atoms with Gasteiger partial charge in [-0.25, -0.2) is 0 Å². The molecule has 116 valence electrons. The second-order valence-corrected chi connectivity index (χ2v) is 4.75. The van der Waals surface area contributed by atoms with Crippen LogP contribution in [0, 0.1) is 0 Å². The van der Waals surface area contributed by atoms with Gasteiger partial charge in [0, 0.05) is 18.4 Å². The van der Waals surface area contributed by atoms with Gasteiger partial charge in [0.25, 0.3) is 0 Å². The summed E-state index contributed by atoms with van der Waals surface area (Å²) in [7, 11) is 0. The smallest absolute Gasteiger partial charge is 0.0458 e. The van der Waals surface area contributed by atoms with Gasteiger partial charge in [-0.05, 0) is 30.4 Å². The maximum absolute atomic E-state index is 10.1. The number of hydrogen-bond acceptors (Lipinski definition) is 4. The minimum Gasteiger partial charge on any atom is -0.550 e. The molecule has 0 aliphatic carbocycles. The molecule has 4 heteroatoms. The zero-order valence-electron chi connectivity index (χ0n) is 12.2. The molecular formula is C18H18O4-2. The average Bonchev–Trinajstić information content (AvgIpc) is 2.49. The lowest BCUT2D eigenvalue weighted by molar-refractivity contribution is -0.306. The lowest BCUT2D eigenvalue weighted by Crippen LogP contribution is -2.24. The Morgan fingerprint density at radius 3 is 1.68 bits per heavy atom. The summed E-state index contributed by atoms with van der Waals surface area (Å²) in [6, 6.07) is 18.8. The maximum Gasteiger partial charge on any atom is 0.0458 e. The normalized spacial score (nSPS) is 9.45. The van der Waals surface area contributed by atoms with E-state index in [1.54, 1.807) is 24.3 Å². The number of aryl methyl sites for hydroxylation is 1. The van der Waals surface area contributed by atoms with Crippen molar-refractivity contribution in [2.24, 2.45) is 0 Å². The SMILES string of the molecule is O=C([O-])CCCc1ccccc1.O=C([O-])Cc1ccccc1. The molecule has 2 rings (SSSR count). The van der Waals surface area contributed by atoms with Crippen LogP contribution >= 0.6 is 0 Å². The van der Waals surface area contributed by atoms with Crippen molar-refractivity contribution in [1.29, 1.82) is 0 Å². The highest BCUT2D eigenvalue weighted by Crippen LogP contribution is 2.03. The second-order valence-electron chi connectivity index (χ2n) is 4.75. The average molecular weight is 298 g/mol. The first kappa shape index (κ1) is 17.4. The summed E-state index contributed by atoms with van der Waals surface area (Å²) in [5, 5.41) is 20.1. The van der Waals surface area contributed by atoms with Crippen molar-refractivity contribution >= 4 is 11.9 Å². The van der Waals surface area contributed by atoms with Crippen molar-refractivity contribution in [2.45, 2.75) is 25.7 Å². The van der Waals surface area contributed by atoms with Crippen LogP contribution in [0.4, 0.5) is 0 Å². The number of carboxylic acids is 2. The van der Waals surface area contributed by atoms with Crippen LogP contribution in [0.25, 0.3) is 0 Å². The molecule has 0 fully saturated rings. The Hall–Kier alpha value is -2.62. The van der Waals surface area contributed by atoms with Crippen LogP contribution in [0.5, 0.6) is 0 Å². The van der Waals surface area contributed by atoms with Gasteiger partial charge >= 0.3 is 0 Å². The maximum atomic E-state index is 10.1. The van der Waals surface area contributed by atoms with E-state index in [0.717, 1.165) is 12.0 Å². The number of carbonyl (C=O) groups excluding carboxylic acids is 2. The summed E-state index contributed by atoms with van der Waals surface area (Å²) in [5.41, 5.74) is 1.96. The minimum absolute atomic E-state index is 0.000833. The molecule has 2 aromatic rings. The molecule has 0 amide bonds. The van der Waals surface area contributed by atoms with Crippen molar-refractivity contribution in [3.8, 4) is 0 Å². The predicted molar refractivity (Wildman–Crippen MR) is 79.5 cm³/mol. The summed E-state index contributed by atoms with van der Waals surface area (Å²) in [5.74, 6) is -2.00. The molecule has 0 aromatic heterocycles. The van der Waals surface area contributed by atoms with Gasteiger partial charge in [-0.3, -0.25) is 0 Å². The Morgan fingerprint density at radius 2 is 1.23 bits per heavy atom. The van der Waals surface area contributed by atoms with Gasteiger partial charge in [0.05, 0.1) is 0 Å². The lowest BCUT2D eigenvalue weighted by atomic mass is 10.1. The highest BCUT2D eigenvalue weighted by atomic mass is 16.4. The number of benzene rings is 2. The zero-order valence-corrected chi connectivity index (χ0v) is 12.2. The van der Waals surface area contributed by atoms with Crippen LogP contribution in [-0.2, 0) is 22.4 Å². The van der Waals surface area contributed by atoms with Gasteiger partial charge in [-0.1, -0.05) is 60.7 Å². The highest BCUT2D eigenvalue weighted by Gasteiger charge is 1.91. The third-order valence-electron chi connectivity index (χ3n) is 2.88. The van der Waals surface area contributed by atoms with E-state index in [9.17, 15) is 19.8 Å². The van der Waals surface area contributed by atoms with Crippen LogP contribution in [0.15, 0.2) is 60.7 Å². The Kier molecular flexibility index (Phi) is 8.05. The highest BCUT2D eigenvalue weighted by molar-refractivity contribution is 5.67. The van der Waals surface area contributed by atoms with Gasteiger partial charge in [-0.15, -0.1) is 0 Å². The predicted octanol–water partition coefficient (Wildman–Crippen LogP) is 0.738. The van der Waals surface area contributed by atoms with Crippen molar-refractivity contribution in [1.82, 2.24) is 0 Å². The van der Waals surface area contributed by atoms with E-state index in [1.165, 1.54) is 5.56 Å². The molecule has 4 nitrogen and oxygen atoms in total. The van der Waals surface area contributed by atoms with E-state index in [-0.39, 0.29) is 12.8 Å². The van der Waals surface area contributed by atoms with Gasteiger partial charge in [0.15, 0.2) is 0 Å². The third kappa shape index (κ3) is 8.53. The number of rotatable bonds is 6. The zero-order chi connectivity index (χ0) is 16.2. The standard InChI is InChI=1S/C10H12O2.C8H8O2/c11-10(12)8-4-7-9-5-2-1-3-6-9;9-8(10)6-7-4-2-1-3-5-7/h1-3,5-6H,4,7-8H2,(H,11,12);1-5H,6H2,(H,9,10)/p-2. The van der Waals surface area contributed by atoms with Crippen molar-refractivity contribution in [3.63, 3.8) is 0 Å². The first-order chi connectivity index (χ1) is 10.6. The quantitative estimate of drug-likeness (QED) is 0.787. The Labute approximate surface area is 130 Å². The van der Waals surface area contributed by atoms with Crippen molar-refractivity contribution in [3.05, 3.63) is 71.8 Å². The summed E-state index contributed by atoms with van der Waals surface area (Å²) < 4.78 is 0. The minimum atomic E-state index is -1.04. The van der Waals surface area contributed by atoms with E-state index in [0.29, 0.717) is 6.42 Å². The summed E-state index contributed by atoms with van der Waals surface area (Å²) in [6.45, 7) is 0. The molecule has 2 aromatic carbocycles. The molecule has 0 atom stereocenters. The molecule has 0 saturated heterocycles. The van der Waals surface area contributed by atoms with Crippen LogP contribution in [0.2, 0.25) is 0 Å². The first-order valence-corrected chi connectivity index (χ1v) is 7.05. The molecule has 0 heterocycles. The van der Waals surface area contributed by atoms with E-state index in [1.807, 2.05) is 36.4 Å². The number of carboxylic acid groups (broad SMARTS) is 2. The van der Waals surface area contributed by atoms with Crippen LogP contribution in [-0.4, -0.2) is 11.9 Å².